The molecule has 0 bridgehead atoms. The molecule has 1 aliphatic heterocycles. The average molecular weight is 625 g/mol. The van der Waals surface area contributed by atoms with E-state index in [1.165, 1.54) is 0 Å². The highest BCUT2D eigenvalue weighted by Gasteiger charge is 2.35. The first-order valence-electron chi connectivity index (χ1n) is 12.1. The Hall–Kier alpha value is -3.86. The van der Waals surface area contributed by atoms with Crippen molar-refractivity contribution in [3.8, 4) is 11.5 Å². The number of carbonyl (C=O) groups excluding carboxylic acids is 3. The van der Waals surface area contributed by atoms with Gasteiger partial charge in [-0.25, -0.2) is 9.69 Å². The van der Waals surface area contributed by atoms with Crippen LogP contribution in [0.4, 0.5) is 10.5 Å². The topological polar surface area (TPSA) is 97.0 Å². The van der Waals surface area contributed by atoms with E-state index in [0.717, 1.165) is 25.2 Å². The molecule has 0 atom stereocenters. The number of urea groups is 1. The number of amides is 4. The van der Waals surface area contributed by atoms with E-state index in [-0.39, 0.29) is 5.70 Å². The summed E-state index contributed by atoms with van der Waals surface area (Å²) in [6.45, 7) is 6.22. The number of halogens is 1. The molecule has 0 aromatic heterocycles. The van der Waals surface area contributed by atoms with Crippen LogP contribution in [0.5, 0.6) is 11.5 Å². The number of aryl methyl sites for hydroxylation is 2. The van der Waals surface area contributed by atoms with Crippen LogP contribution in [0.1, 0.15) is 29.2 Å². The van der Waals surface area contributed by atoms with Crippen LogP contribution < -0.4 is 20.1 Å². The Kier molecular flexibility index (Phi) is 8.67. The van der Waals surface area contributed by atoms with Gasteiger partial charge in [0.15, 0.2) is 11.5 Å². The second-order valence-electron chi connectivity index (χ2n) is 8.84. The number of hydrogen-bond donors (Lipinski definition) is 2. The highest BCUT2D eigenvalue weighted by molar-refractivity contribution is 14.1. The maximum Gasteiger partial charge on any atom is 0.329 e. The number of nitrogens with one attached hydrogen (secondary N) is 2. The molecule has 1 saturated heterocycles. The third-order valence-corrected chi connectivity index (χ3v) is 6.48. The van der Waals surface area contributed by atoms with Crippen molar-refractivity contribution in [1.29, 1.82) is 0 Å². The molecule has 9 heteroatoms. The zero-order valence-electron chi connectivity index (χ0n) is 21.3. The number of hydrogen-bond acceptors (Lipinski definition) is 5. The lowest BCUT2D eigenvalue weighted by Gasteiger charge is -2.15. The first kappa shape index (κ1) is 27.2. The van der Waals surface area contributed by atoms with Crippen LogP contribution >= 0.6 is 22.6 Å². The minimum absolute atomic E-state index is 0.0741. The SMILES string of the molecule is CCOc1cc(/C=C2/NC(=O)N(CC(=O)Nc3cccc(C)c3)C2=O)cc(I)c1OCc1cccc(C)c1. The number of anilines is 1. The number of benzene rings is 3. The summed E-state index contributed by atoms with van der Waals surface area (Å²) in [7, 11) is 0. The van der Waals surface area contributed by atoms with Crippen molar-refractivity contribution in [2.24, 2.45) is 0 Å². The molecule has 3 aromatic carbocycles. The molecule has 0 radical (unpaired) electrons. The van der Waals surface area contributed by atoms with Gasteiger partial charge in [-0.05, 0) is 90.4 Å². The van der Waals surface area contributed by atoms with Crippen molar-refractivity contribution >= 4 is 52.2 Å². The molecule has 38 heavy (non-hydrogen) atoms. The number of imide groups is 1. The number of nitrogens with zero attached hydrogens (tertiary/aromatic N) is 1. The lowest BCUT2D eigenvalue weighted by Crippen LogP contribution is -2.38. The summed E-state index contributed by atoms with van der Waals surface area (Å²) in [5.41, 5.74) is 4.50. The van der Waals surface area contributed by atoms with Gasteiger partial charge in [-0.2, -0.15) is 0 Å². The van der Waals surface area contributed by atoms with Gasteiger partial charge < -0.3 is 20.1 Å². The largest absolute Gasteiger partial charge is 0.490 e. The Labute approximate surface area is 235 Å². The molecule has 3 aromatic rings. The summed E-state index contributed by atoms with van der Waals surface area (Å²) in [4.78, 5) is 38.8. The zero-order valence-corrected chi connectivity index (χ0v) is 23.5. The average Bonchev–Trinajstić information content (AvgIpc) is 3.11. The molecule has 1 heterocycles. The van der Waals surface area contributed by atoms with Crippen LogP contribution in [-0.2, 0) is 16.2 Å². The fraction of sp³-hybridized carbons (Fsp3) is 0.207. The molecular weight excluding hydrogens is 597 g/mol. The Morgan fingerprint density at radius 1 is 1.03 bits per heavy atom. The van der Waals surface area contributed by atoms with Crippen LogP contribution in [-0.4, -0.2) is 35.9 Å². The van der Waals surface area contributed by atoms with Crippen molar-refractivity contribution in [3.05, 3.63) is 92.2 Å². The van der Waals surface area contributed by atoms with Crippen molar-refractivity contribution in [2.75, 3.05) is 18.5 Å². The summed E-state index contributed by atoms with van der Waals surface area (Å²) in [6.07, 6.45) is 1.56. The van der Waals surface area contributed by atoms with Crippen molar-refractivity contribution in [2.45, 2.75) is 27.4 Å². The maximum atomic E-state index is 12.9. The molecule has 2 N–H and O–H groups in total. The molecule has 0 aliphatic carbocycles. The molecule has 1 fully saturated rings. The number of ether oxygens (including phenoxy) is 2. The summed E-state index contributed by atoms with van der Waals surface area (Å²) in [6, 6.07) is 18.3. The van der Waals surface area contributed by atoms with E-state index in [9.17, 15) is 14.4 Å². The highest BCUT2D eigenvalue weighted by atomic mass is 127. The summed E-state index contributed by atoms with van der Waals surface area (Å²) in [5, 5.41) is 5.28. The Bertz CT molecular complexity index is 1420. The van der Waals surface area contributed by atoms with Gasteiger partial charge in [-0.1, -0.05) is 42.0 Å². The fourth-order valence-corrected chi connectivity index (χ4v) is 4.76. The van der Waals surface area contributed by atoms with Crippen molar-refractivity contribution in [1.82, 2.24) is 10.2 Å². The Morgan fingerprint density at radius 2 is 1.76 bits per heavy atom. The van der Waals surface area contributed by atoms with Crippen LogP contribution in [0.3, 0.4) is 0 Å². The van der Waals surface area contributed by atoms with E-state index in [2.05, 4.69) is 39.3 Å². The summed E-state index contributed by atoms with van der Waals surface area (Å²) < 4.78 is 12.7. The molecule has 4 amide bonds. The molecule has 196 valence electrons. The van der Waals surface area contributed by atoms with E-state index < -0.39 is 24.4 Å². The van der Waals surface area contributed by atoms with Crippen molar-refractivity contribution in [3.63, 3.8) is 0 Å². The van der Waals surface area contributed by atoms with E-state index in [1.807, 2.05) is 57.2 Å². The third-order valence-electron chi connectivity index (χ3n) is 5.67. The molecule has 8 nitrogen and oxygen atoms in total. The zero-order chi connectivity index (χ0) is 27.2. The minimum atomic E-state index is -0.654. The number of rotatable bonds is 9. The molecule has 1 aliphatic rings. The third kappa shape index (κ3) is 6.71. The van der Waals surface area contributed by atoms with Gasteiger partial charge in [-0.3, -0.25) is 9.59 Å². The first-order chi connectivity index (χ1) is 18.2. The Balaban J connectivity index is 1.49. The van der Waals surface area contributed by atoms with Gasteiger partial charge in [0.05, 0.1) is 10.2 Å². The first-order valence-corrected chi connectivity index (χ1v) is 13.2. The predicted molar refractivity (Wildman–Crippen MR) is 154 cm³/mol. The van der Waals surface area contributed by atoms with Gasteiger partial charge in [0.25, 0.3) is 5.91 Å². The second kappa shape index (κ2) is 12.1. The molecule has 0 unspecified atom stereocenters. The summed E-state index contributed by atoms with van der Waals surface area (Å²) in [5.74, 6) is 0.0863. The van der Waals surface area contributed by atoms with Gasteiger partial charge in [0, 0.05) is 5.69 Å². The van der Waals surface area contributed by atoms with Crippen molar-refractivity contribution < 1.29 is 23.9 Å². The quantitative estimate of drug-likeness (QED) is 0.188. The highest BCUT2D eigenvalue weighted by Crippen LogP contribution is 2.35. The van der Waals surface area contributed by atoms with Crippen LogP contribution in [0.25, 0.3) is 6.08 Å². The van der Waals surface area contributed by atoms with Gasteiger partial charge in [0.1, 0.15) is 18.8 Å². The normalized spacial score (nSPS) is 14.0. The van der Waals surface area contributed by atoms with Gasteiger partial charge in [-0.15, -0.1) is 0 Å². The van der Waals surface area contributed by atoms with E-state index in [0.29, 0.717) is 36.0 Å². The van der Waals surface area contributed by atoms with E-state index in [1.54, 1.807) is 24.3 Å². The van der Waals surface area contributed by atoms with E-state index >= 15 is 0 Å². The van der Waals surface area contributed by atoms with Gasteiger partial charge in [0.2, 0.25) is 5.91 Å². The smallest absolute Gasteiger partial charge is 0.329 e. The number of carbonyl (C=O) groups is 3. The monoisotopic (exact) mass is 625 g/mol. The second-order valence-corrected chi connectivity index (χ2v) is 10.0. The van der Waals surface area contributed by atoms with Gasteiger partial charge >= 0.3 is 6.03 Å². The predicted octanol–water partition coefficient (Wildman–Crippen LogP) is 5.42. The molecule has 0 saturated carbocycles. The lowest BCUT2D eigenvalue weighted by molar-refractivity contribution is -0.127. The Morgan fingerprint density at radius 3 is 2.47 bits per heavy atom. The van der Waals surface area contributed by atoms with E-state index in [4.69, 9.17) is 9.47 Å². The molecule has 0 spiro atoms. The van der Waals surface area contributed by atoms with Crippen LogP contribution in [0.15, 0.2) is 66.4 Å². The standard InChI is InChI=1S/C29H28IN3O5/c1-4-37-25-15-21(13-23(30)27(25)38-17-20-9-5-7-18(2)11-20)14-24-28(35)33(29(36)32-24)16-26(34)31-22-10-6-8-19(3)12-22/h5-15H,4,16-17H2,1-3H3,(H,31,34)(H,32,36)/b24-14+. The lowest BCUT2D eigenvalue weighted by atomic mass is 10.1. The maximum absolute atomic E-state index is 12.9. The summed E-state index contributed by atoms with van der Waals surface area (Å²) >= 11 is 2.16. The van der Waals surface area contributed by atoms with Crippen LogP contribution in [0.2, 0.25) is 0 Å². The molecular formula is C29H28IN3O5. The minimum Gasteiger partial charge on any atom is -0.490 e. The fourth-order valence-electron chi connectivity index (χ4n) is 3.98. The molecule has 4 rings (SSSR count). The van der Waals surface area contributed by atoms with Crippen LogP contribution in [0, 0.1) is 17.4 Å².